The molecule has 1 saturated carbocycles. The fourth-order valence-corrected chi connectivity index (χ4v) is 2.79. The van der Waals surface area contributed by atoms with Crippen LogP contribution < -0.4 is 0 Å². The number of fused-ring (bicyclic) bond motifs is 2. The zero-order valence-electron chi connectivity index (χ0n) is 10.1. The summed E-state index contributed by atoms with van der Waals surface area (Å²) in [6.07, 6.45) is 3.59. The molecule has 2 aliphatic rings. The summed E-state index contributed by atoms with van der Waals surface area (Å²) < 4.78 is 5.33. The molecular formula is C12H19NO3. The van der Waals surface area contributed by atoms with Gasteiger partial charge in [0.1, 0.15) is 11.9 Å². The smallest absolute Gasteiger partial charge is 0.411 e. The van der Waals surface area contributed by atoms with Crippen molar-refractivity contribution in [1.29, 1.82) is 0 Å². The highest BCUT2D eigenvalue weighted by molar-refractivity contribution is 5.75. The highest BCUT2D eigenvalue weighted by Crippen LogP contribution is 2.42. The Hall–Kier alpha value is -1.06. The number of ether oxygens (including phenoxy) is 1. The Balaban J connectivity index is 2.08. The highest BCUT2D eigenvalue weighted by atomic mass is 16.6. The number of piperidine rings is 1. The van der Waals surface area contributed by atoms with Crippen LogP contribution in [0.3, 0.4) is 0 Å². The van der Waals surface area contributed by atoms with Gasteiger partial charge in [0, 0.05) is 6.04 Å². The first-order valence-electron chi connectivity index (χ1n) is 5.89. The number of nitrogens with zero attached hydrogens (tertiary/aromatic N) is 1. The Kier molecular flexibility index (Phi) is 2.68. The predicted octanol–water partition coefficient (Wildman–Crippen LogP) is 1.97. The summed E-state index contributed by atoms with van der Waals surface area (Å²) in [5.74, 6) is 0.356. The molecule has 0 spiro atoms. The van der Waals surface area contributed by atoms with Gasteiger partial charge in [-0.3, -0.25) is 4.90 Å². The van der Waals surface area contributed by atoms with E-state index in [0.717, 1.165) is 25.5 Å². The second-order valence-electron chi connectivity index (χ2n) is 5.74. The van der Waals surface area contributed by atoms with Gasteiger partial charge in [0.15, 0.2) is 0 Å². The molecule has 4 heteroatoms. The van der Waals surface area contributed by atoms with Gasteiger partial charge in [0.05, 0.1) is 6.04 Å². The Morgan fingerprint density at radius 2 is 2.06 bits per heavy atom. The molecule has 1 aliphatic heterocycles. The molecule has 4 nitrogen and oxygen atoms in total. The normalized spacial score (nSPS) is 32.9. The van der Waals surface area contributed by atoms with Crippen LogP contribution >= 0.6 is 0 Å². The molecule has 0 aromatic heterocycles. The third kappa shape index (κ3) is 1.93. The second-order valence-corrected chi connectivity index (χ2v) is 5.74. The average Bonchev–Trinajstić information content (AvgIpc) is 2.72. The maximum Gasteiger partial charge on any atom is 0.411 e. The number of hydrogen-bond acceptors (Lipinski definition) is 3. The molecule has 1 saturated heterocycles. The molecule has 3 unspecified atom stereocenters. The number of likely N-dealkylation sites (tertiary alicyclic amines) is 1. The average molecular weight is 225 g/mol. The van der Waals surface area contributed by atoms with E-state index in [4.69, 9.17) is 4.74 Å². The summed E-state index contributed by atoms with van der Waals surface area (Å²) in [7, 11) is 0. The molecular weight excluding hydrogens is 206 g/mol. The van der Waals surface area contributed by atoms with Crippen molar-refractivity contribution in [3.63, 3.8) is 0 Å². The maximum atomic E-state index is 12.0. The number of carbonyl (C=O) groups is 2. The lowest BCUT2D eigenvalue weighted by Crippen LogP contribution is -2.47. The number of carbonyl (C=O) groups excluding carboxylic acids is 2. The van der Waals surface area contributed by atoms with E-state index in [0.29, 0.717) is 5.92 Å². The summed E-state index contributed by atoms with van der Waals surface area (Å²) in [5.41, 5.74) is -0.494. The largest absolute Gasteiger partial charge is 0.444 e. The first kappa shape index (κ1) is 11.4. The van der Waals surface area contributed by atoms with Crippen molar-refractivity contribution < 1.29 is 14.3 Å². The molecule has 2 fully saturated rings. The number of rotatable bonds is 1. The van der Waals surface area contributed by atoms with Crippen molar-refractivity contribution in [2.24, 2.45) is 5.92 Å². The Morgan fingerprint density at radius 1 is 1.38 bits per heavy atom. The Bertz CT molecular complexity index is 308. The van der Waals surface area contributed by atoms with Crippen LogP contribution in [0.1, 0.15) is 40.0 Å². The second kappa shape index (κ2) is 3.75. The summed E-state index contributed by atoms with van der Waals surface area (Å²) in [5, 5.41) is 0. The van der Waals surface area contributed by atoms with E-state index in [9.17, 15) is 9.59 Å². The van der Waals surface area contributed by atoms with Gasteiger partial charge < -0.3 is 9.53 Å². The topological polar surface area (TPSA) is 46.6 Å². The van der Waals surface area contributed by atoms with E-state index in [1.54, 1.807) is 4.90 Å². The fourth-order valence-electron chi connectivity index (χ4n) is 2.79. The van der Waals surface area contributed by atoms with Crippen molar-refractivity contribution in [1.82, 2.24) is 4.90 Å². The van der Waals surface area contributed by atoms with Crippen LogP contribution in [0.25, 0.3) is 0 Å². The SMILES string of the molecule is CC(C)(C)OC(=O)N1C2CCC(C2)C1C=O. The van der Waals surface area contributed by atoms with Crippen LogP contribution in [0.15, 0.2) is 0 Å². The highest BCUT2D eigenvalue weighted by Gasteiger charge is 2.49. The van der Waals surface area contributed by atoms with E-state index in [1.165, 1.54) is 0 Å². The van der Waals surface area contributed by atoms with Crippen LogP contribution in [-0.2, 0) is 9.53 Å². The Labute approximate surface area is 95.9 Å². The zero-order chi connectivity index (χ0) is 11.9. The molecule has 0 radical (unpaired) electrons. The van der Waals surface area contributed by atoms with Gasteiger partial charge >= 0.3 is 6.09 Å². The van der Waals surface area contributed by atoms with Crippen LogP contribution in [0.5, 0.6) is 0 Å². The van der Waals surface area contributed by atoms with E-state index < -0.39 is 5.60 Å². The zero-order valence-corrected chi connectivity index (χ0v) is 10.1. The molecule has 1 heterocycles. The predicted molar refractivity (Wildman–Crippen MR) is 59.1 cm³/mol. The summed E-state index contributed by atoms with van der Waals surface area (Å²) in [4.78, 5) is 24.6. The van der Waals surface area contributed by atoms with Crippen LogP contribution in [-0.4, -0.2) is 35.0 Å². The van der Waals surface area contributed by atoms with Crippen molar-refractivity contribution in [3.05, 3.63) is 0 Å². The molecule has 0 N–H and O–H groups in total. The first-order chi connectivity index (χ1) is 7.42. The summed E-state index contributed by atoms with van der Waals surface area (Å²) in [6.45, 7) is 5.53. The van der Waals surface area contributed by atoms with Gasteiger partial charge in [0.25, 0.3) is 0 Å². The number of amides is 1. The van der Waals surface area contributed by atoms with Crippen LogP contribution in [0.4, 0.5) is 4.79 Å². The molecule has 16 heavy (non-hydrogen) atoms. The van der Waals surface area contributed by atoms with Gasteiger partial charge in [-0.1, -0.05) is 0 Å². The minimum atomic E-state index is -0.494. The number of hydrogen-bond donors (Lipinski definition) is 0. The minimum Gasteiger partial charge on any atom is -0.444 e. The monoisotopic (exact) mass is 225 g/mol. The molecule has 0 aromatic carbocycles. The van der Waals surface area contributed by atoms with Crippen molar-refractivity contribution >= 4 is 12.4 Å². The summed E-state index contributed by atoms with van der Waals surface area (Å²) in [6, 6.07) is -0.0383. The minimum absolute atomic E-state index is 0.218. The first-order valence-corrected chi connectivity index (χ1v) is 5.89. The van der Waals surface area contributed by atoms with Gasteiger partial charge in [-0.15, -0.1) is 0 Å². The molecule has 2 bridgehead atoms. The van der Waals surface area contributed by atoms with E-state index in [-0.39, 0.29) is 18.2 Å². The van der Waals surface area contributed by atoms with E-state index in [1.807, 2.05) is 20.8 Å². The third-order valence-corrected chi connectivity index (χ3v) is 3.39. The standard InChI is InChI=1S/C12H19NO3/c1-12(2,3)16-11(15)13-9-5-4-8(6-9)10(13)7-14/h7-10H,4-6H2,1-3H3. The lowest BCUT2D eigenvalue weighted by Gasteiger charge is -2.33. The van der Waals surface area contributed by atoms with Crippen molar-refractivity contribution in [2.75, 3.05) is 0 Å². The van der Waals surface area contributed by atoms with Crippen LogP contribution in [0, 0.1) is 5.92 Å². The van der Waals surface area contributed by atoms with Gasteiger partial charge in [-0.2, -0.15) is 0 Å². The van der Waals surface area contributed by atoms with Crippen molar-refractivity contribution in [3.8, 4) is 0 Å². The molecule has 2 rings (SSSR count). The molecule has 1 amide bonds. The molecule has 1 aliphatic carbocycles. The molecule has 3 atom stereocenters. The van der Waals surface area contributed by atoms with E-state index >= 15 is 0 Å². The third-order valence-electron chi connectivity index (χ3n) is 3.39. The van der Waals surface area contributed by atoms with Gasteiger partial charge in [-0.05, 0) is 46.0 Å². The Morgan fingerprint density at radius 3 is 2.62 bits per heavy atom. The van der Waals surface area contributed by atoms with E-state index in [2.05, 4.69) is 0 Å². The lowest BCUT2D eigenvalue weighted by atomic mass is 10.0. The van der Waals surface area contributed by atoms with Gasteiger partial charge in [0.2, 0.25) is 0 Å². The lowest BCUT2D eigenvalue weighted by molar-refractivity contribution is -0.113. The summed E-state index contributed by atoms with van der Waals surface area (Å²) >= 11 is 0. The quantitative estimate of drug-likeness (QED) is 0.641. The molecule has 0 aromatic rings. The fraction of sp³-hybridized carbons (Fsp3) is 0.833. The van der Waals surface area contributed by atoms with Gasteiger partial charge in [-0.25, -0.2) is 4.79 Å². The van der Waals surface area contributed by atoms with Crippen LogP contribution in [0.2, 0.25) is 0 Å². The molecule has 90 valence electrons. The van der Waals surface area contributed by atoms with Crippen molar-refractivity contribution in [2.45, 2.75) is 57.7 Å². The maximum absolute atomic E-state index is 12.0. The number of aldehydes is 1.